The van der Waals surface area contributed by atoms with Crippen LogP contribution in [0.25, 0.3) is 0 Å². The van der Waals surface area contributed by atoms with E-state index in [1.807, 2.05) is 42.5 Å². The van der Waals surface area contributed by atoms with E-state index < -0.39 is 0 Å². The second-order valence-electron chi connectivity index (χ2n) is 5.90. The molecule has 0 atom stereocenters. The molecule has 0 aromatic heterocycles. The van der Waals surface area contributed by atoms with Crippen LogP contribution in [0, 0.1) is 11.3 Å². The summed E-state index contributed by atoms with van der Waals surface area (Å²) in [7, 11) is 4.73. The highest BCUT2D eigenvalue weighted by molar-refractivity contribution is 5.94. The van der Waals surface area contributed by atoms with Crippen molar-refractivity contribution in [2.45, 2.75) is 13.3 Å². The van der Waals surface area contributed by atoms with Crippen molar-refractivity contribution in [3.63, 3.8) is 0 Å². The molecule has 2 aromatic rings. The lowest BCUT2D eigenvalue weighted by Gasteiger charge is -2.22. The molecule has 0 fully saturated rings. The highest BCUT2D eigenvalue weighted by Gasteiger charge is 2.19. The third-order valence-electron chi connectivity index (χ3n) is 4.07. The van der Waals surface area contributed by atoms with Gasteiger partial charge in [0, 0.05) is 37.9 Å². The van der Waals surface area contributed by atoms with E-state index in [1.165, 1.54) is 26.0 Å². The van der Waals surface area contributed by atoms with Crippen LogP contribution in [0.4, 0.5) is 11.4 Å². The Kier molecular flexibility index (Phi) is 6.84. The maximum atomic E-state index is 11.8. The number of anilines is 2. The number of carbonyl (C=O) groups is 1. The number of allylic oxidation sites excluding steroid dienone is 1. The Labute approximate surface area is 159 Å². The van der Waals surface area contributed by atoms with Gasteiger partial charge in [0.15, 0.2) is 0 Å². The Balaban J connectivity index is 2.32. The van der Waals surface area contributed by atoms with E-state index in [1.54, 1.807) is 13.2 Å². The zero-order chi connectivity index (χ0) is 19.8. The Bertz CT molecular complexity index is 845. The van der Waals surface area contributed by atoms with E-state index in [9.17, 15) is 10.1 Å². The fraction of sp³-hybridized carbons (Fsp3) is 0.238. The first-order valence-electron chi connectivity index (χ1n) is 8.40. The third-order valence-corrected chi connectivity index (χ3v) is 4.07. The Morgan fingerprint density at radius 2 is 1.78 bits per heavy atom. The normalized spacial score (nSPS) is 10.7. The van der Waals surface area contributed by atoms with Crippen molar-refractivity contribution >= 4 is 17.3 Å². The number of ether oxygens (including phenoxy) is 2. The molecular formula is C21H23N3O3. The first kappa shape index (κ1) is 19.9. The molecule has 1 amide bonds. The maximum Gasteiger partial charge on any atom is 0.223 e. The van der Waals surface area contributed by atoms with Crippen molar-refractivity contribution in [3.8, 4) is 17.6 Å². The van der Waals surface area contributed by atoms with Crippen LogP contribution in [0.1, 0.15) is 12.5 Å². The van der Waals surface area contributed by atoms with Crippen LogP contribution in [-0.4, -0.2) is 27.2 Å². The molecule has 140 valence electrons. The molecule has 1 N–H and O–H groups in total. The molecule has 0 unspecified atom stereocenters. The van der Waals surface area contributed by atoms with E-state index in [4.69, 9.17) is 9.47 Å². The minimum atomic E-state index is -0.135. The lowest BCUT2D eigenvalue weighted by atomic mass is 10.0. The number of para-hydroxylation sites is 1. The molecule has 2 rings (SSSR count). The van der Waals surface area contributed by atoms with Crippen molar-refractivity contribution < 1.29 is 14.3 Å². The molecule has 0 saturated heterocycles. The summed E-state index contributed by atoms with van der Waals surface area (Å²) in [6.07, 6.45) is 2.08. The average molecular weight is 365 g/mol. The number of nitriles is 1. The van der Waals surface area contributed by atoms with Gasteiger partial charge in [0.2, 0.25) is 5.91 Å². The summed E-state index contributed by atoms with van der Waals surface area (Å²) < 4.78 is 10.9. The quantitative estimate of drug-likeness (QED) is 0.757. The molecule has 0 heterocycles. The number of nitrogens with one attached hydrogen (secondary N) is 1. The number of hydrogen-bond acceptors (Lipinski definition) is 5. The van der Waals surface area contributed by atoms with Crippen LogP contribution in [0.5, 0.6) is 11.5 Å². The van der Waals surface area contributed by atoms with Crippen LogP contribution in [0.15, 0.2) is 54.2 Å². The molecule has 2 aromatic carbocycles. The summed E-state index contributed by atoms with van der Waals surface area (Å²) in [4.78, 5) is 13.2. The number of methoxy groups -OCH3 is 2. The van der Waals surface area contributed by atoms with Gasteiger partial charge < -0.3 is 19.7 Å². The van der Waals surface area contributed by atoms with Crippen LogP contribution < -0.4 is 19.7 Å². The van der Waals surface area contributed by atoms with Crippen LogP contribution >= 0.6 is 0 Å². The lowest BCUT2D eigenvalue weighted by molar-refractivity contribution is -0.116. The predicted molar refractivity (Wildman–Crippen MR) is 106 cm³/mol. The van der Waals surface area contributed by atoms with E-state index in [2.05, 4.69) is 11.4 Å². The molecule has 27 heavy (non-hydrogen) atoms. The number of benzene rings is 2. The van der Waals surface area contributed by atoms with Crippen molar-refractivity contribution in [1.82, 2.24) is 0 Å². The fourth-order valence-corrected chi connectivity index (χ4v) is 2.59. The average Bonchev–Trinajstić information content (AvgIpc) is 2.70. The number of carbonyl (C=O) groups excluding carboxylic acids is 1. The number of rotatable bonds is 7. The molecule has 0 aliphatic rings. The van der Waals surface area contributed by atoms with E-state index >= 15 is 0 Å². The van der Waals surface area contributed by atoms with Gasteiger partial charge in [-0.2, -0.15) is 5.26 Å². The van der Waals surface area contributed by atoms with Gasteiger partial charge in [0.25, 0.3) is 0 Å². The van der Waals surface area contributed by atoms with Crippen LogP contribution in [-0.2, 0) is 11.2 Å². The number of hydrogen-bond donors (Lipinski definition) is 1. The van der Waals surface area contributed by atoms with E-state index in [0.29, 0.717) is 29.2 Å². The van der Waals surface area contributed by atoms with Gasteiger partial charge in [-0.15, -0.1) is 0 Å². The molecule has 0 radical (unpaired) electrons. The van der Waals surface area contributed by atoms with Crippen molar-refractivity contribution in [2.24, 2.45) is 0 Å². The minimum Gasteiger partial charge on any atom is -0.494 e. The topological polar surface area (TPSA) is 74.6 Å². The molecule has 6 nitrogen and oxygen atoms in total. The predicted octanol–water partition coefficient (Wildman–Crippen LogP) is 3.75. The summed E-state index contributed by atoms with van der Waals surface area (Å²) in [5, 5.41) is 12.6. The monoisotopic (exact) mass is 365 g/mol. The Morgan fingerprint density at radius 3 is 2.26 bits per heavy atom. The number of amides is 1. The van der Waals surface area contributed by atoms with Crippen molar-refractivity contribution in [3.05, 3.63) is 59.8 Å². The van der Waals surface area contributed by atoms with Crippen molar-refractivity contribution in [1.29, 1.82) is 5.26 Å². The molecule has 0 saturated carbocycles. The van der Waals surface area contributed by atoms with Crippen LogP contribution in [0.3, 0.4) is 0 Å². The van der Waals surface area contributed by atoms with Crippen molar-refractivity contribution in [2.75, 3.05) is 31.5 Å². The summed E-state index contributed by atoms with van der Waals surface area (Å²) >= 11 is 0. The van der Waals surface area contributed by atoms with Gasteiger partial charge in [-0.3, -0.25) is 4.79 Å². The molecular weight excluding hydrogens is 342 g/mol. The zero-order valence-electron chi connectivity index (χ0n) is 15.9. The molecule has 0 aliphatic carbocycles. The minimum absolute atomic E-state index is 0.135. The second-order valence-corrected chi connectivity index (χ2v) is 5.90. The Morgan fingerprint density at radius 1 is 1.19 bits per heavy atom. The highest BCUT2D eigenvalue weighted by Crippen LogP contribution is 2.39. The zero-order valence-corrected chi connectivity index (χ0v) is 15.9. The fourth-order valence-electron chi connectivity index (χ4n) is 2.59. The van der Waals surface area contributed by atoms with Gasteiger partial charge in [0.05, 0.1) is 20.3 Å². The molecule has 0 bridgehead atoms. The summed E-state index contributed by atoms with van der Waals surface area (Å²) in [6, 6.07) is 15.4. The van der Waals surface area contributed by atoms with Gasteiger partial charge in [-0.05, 0) is 29.8 Å². The first-order chi connectivity index (χ1) is 13.0. The SMILES string of the molecule is COc1cc(C/C(C#N)=C/Nc2ccccc2)cc(OC)c1N(C)C(C)=O. The smallest absolute Gasteiger partial charge is 0.223 e. The second kappa shape index (κ2) is 9.30. The van der Waals surface area contributed by atoms with Gasteiger partial charge in [-0.25, -0.2) is 0 Å². The molecule has 0 spiro atoms. The van der Waals surface area contributed by atoms with Gasteiger partial charge >= 0.3 is 0 Å². The largest absolute Gasteiger partial charge is 0.494 e. The van der Waals surface area contributed by atoms with Crippen LogP contribution in [0.2, 0.25) is 0 Å². The standard InChI is InChI=1S/C21H23N3O3/c1-15(25)24(2)21-19(26-3)11-16(12-20(21)27-4)10-17(13-22)14-23-18-8-6-5-7-9-18/h5-9,11-12,14,23H,10H2,1-4H3/b17-14-. The summed E-state index contributed by atoms with van der Waals surface area (Å²) in [5.41, 5.74) is 2.85. The Hall–Kier alpha value is -3.46. The number of nitrogens with zero attached hydrogens (tertiary/aromatic N) is 2. The lowest BCUT2D eigenvalue weighted by Crippen LogP contribution is -2.24. The first-order valence-corrected chi connectivity index (χ1v) is 8.40. The maximum absolute atomic E-state index is 11.8. The van der Waals surface area contributed by atoms with Gasteiger partial charge in [0.1, 0.15) is 17.2 Å². The van der Waals surface area contributed by atoms with E-state index in [0.717, 1.165) is 11.3 Å². The highest BCUT2D eigenvalue weighted by atomic mass is 16.5. The summed E-state index contributed by atoms with van der Waals surface area (Å²) in [5.74, 6) is 0.884. The van der Waals surface area contributed by atoms with Gasteiger partial charge in [-0.1, -0.05) is 18.2 Å². The molecule has 6 heteroatoms. The molecule has 0 aliphatic heterocycles. The van der Waals surface area contributed by atoms with E-state index in [-0.39, 0.29) is 5.91 Å². The third kappa shape index (κ3) is 5.02. The summed E-state index contributed by atoms with van der Waals surface area (Å²) in [6.45, 7) is 1.47.